The molecule has 1 saturated heterocycles. The normalized spacial score (nSPS) is 17.7. The van der Waals surface area contributed by atoms with Crippen molar-refractivity contribution in [1.29, 1.82) is 0 Å². The van der Waals surface area contributed by atoms with Crippen LogP contribution < -0.4 is 5.32 Å². The van der Waals surface area contributed by atoms with Crippen molar-refractivity contribution in [2.45, 2.75) is 45.3 Å². The summed E-state index contributed by atoms with van der Waals surface area (Å²) < 4.78 is 5.40. The molecule has 8 nitrogen and oxygen atoms in total. The minimum absolute atomic E-state index is 0.0913. The van der Waals surface area contributed by atoms with Crippen molar-refractivity contribution in [3.05, 3.63) is 27.5 Å². The van der Waals surface area contributed by atoms with Gasteiger partial charge in [0, 0.05) is 19.3 Å². The second-order valence-electron chi connectivity index (χ2n) is 6.61. The fraction of sp³-hybridized carbons (Fsp3) is 0.600. The van der Waals surface area contributed by atoms with E-state index in [1.165, 1.54) is 12.3 Å². The molecule has 1 fully saturated rings. The number of hydrogen-bond acceptors (Lipinski definition) is 6. The van der Waals surface area contributed by atoms with Gasteiger partial charge >= 0.3 is 11.8 Å². The fourth-order valence-corrected chi connectivity index (χ4v) is 2.81. The molecule has 24 heavy (non-hydrogen) atoms. The van der Waals surface area contributed by atoms with Crippen molar-refractivity contribution >= 4 is 29.1 Å². The summed E-state index contributed by atoms with van der Waals surface area (Å²) in [6, 6.07) is 1.41. The summed E-state index contributed by atoms with van der Waals surface area (Å²) in [5, 5.41) is 14.0. The highest BCUT2D eigenvalue weighted by atomic mass is 35.5. The molecule has 1 atom stereocenters. The molecule has 0 aromatic carbocycles. The van der Waals surface area contributed by atoms with Gasteiger partial charge in [0.05, 0.1) is 11.0 Å². The highest BCUT2D eigenvalue weighted by Gasteiger charge is 2.32. The minimum atomic E-state index is -0.571. The highest BCUT2D eigenvalue weighted by molar-refractivity contribution is 6.32. The van der Waals surface area contributed by atoms with Gasteiger partial charge in [0.2, 0.25) is 5.15 Å². The number of hydrogen-bond donors (Lipinski definition) is 1. The summed E-state index contributed by atoms with van der Waals surface area (Å²) in [6.07, 6.45) is 2.70. The predicted octanol–water partition coefficient (Wildman–Crippen LogP) is 3.45. The molecule has 0 saturated carbocycles. The van der Waals surface area contributed by atoms with Gasteiger partial charge in [-0.15, -0.1) is 0 Å². The Kier molecular flexibility index (Phi) is 5.48. The molecule has 2 rings (SSSR count). The van der Waals surface area contributed by atoms with E-state index in [2.05, 4.69) is 10.3 Å². The number of anilines is 1. The molecule has 1 N–H and O–H groups in total. The minimum Gasteiger partial charge on any atom is -0.444 e. The number of carbonyl (C=O) groups excluding carboxylic acids is 1. The average molecular weight is 357 g/mol. The Labute approximate surface area is 145 Å². The molecule has 132 valence electrons. The first-order valence-corrected chi connectivity index (χ1v) is 8.09. The van der Waals surface area contributed by atoms with Gasteiger partial charge in [0.25, 0.3) is 0 Å². The van der Waals surface area contributed by atoms with Gasteiger partial charge in [-0.1, -0.05) is 11.6 Å². The molecule has 0 spiro atoms. The van der Waals surface area contributed by atoms with E-state index in [-0.39, 0.29) is 28.7 Å². The average Bonchev–Trinajstić information content (AvgIpc) is 2.91. The molecule has 1 amide bonds. The van der Waals surface area contributed by atoms with Gasteiger partial charge in [0.15, 0.2) is 0 Å². The lowest BCUT2D eigenvalue weighted by atomic mass is 10.2. The first-order chi connectivity index (χ1) is 11.2. The van der Waals surface area contributed by atoms with Crippen molar-refractivity contribution < 1.29 is 14.5 Å². The number of aromatic nitrogens is 1. The molecule has 1 aliphatic heterocycles. The number of amides is 1. The quantitative estimate of drug-likeness (QED) is 0.504. The monoisotopic (exact) mass is 356 g/mol. The Balaban J connectivity index is 2.05. The third kappa shape index (κ3) is 4.47. The summed E-state index contributed by atoms with van der Waals surface area (Å²) in [5.41, 5.74) is -0.535. The molecule has 0 aliphatic carbocycles. The van der Waals surface area contributed by atoms with E-state index in [1.54, 1.807) is 4.90 Å². The summed E-state index contributed by atoms with van der Waals surface area (Å²) >= 11 is 5.79. The maximum absolute atomic E-state index is 12.2. The Morgan fingerprint density at radius 3 is 2.92 bits per heavy atom. The molecule has 1 aromatic rings. The first-order valence-electron chi connectivity index (χ1n) is 7.71. The van der Waals surface area contributed by atoms with Crippen molar-refractivity contribution in [3.8, 4) is 0 Å². The van der Waals surface area contributed by atoms with Crippen LogP contribution in [0.5, 0.6) is 0 Å². The van der Waals surface area contributed by atoms with Crippen LogP contribution in [-0.2, 0) is 4.74 Å². The Hall–Kier alpha value is -2.09. The molecule has 0 bridgehead atoms. The summed E-state index contributed by atoms with van der Waals surface area (Å²) in [4.78, 5) is 28.2. The lowest BCUT2D eigenvalue weighted by Crippen LogP contribution is -2.42. The third-order valence-corrected chi connectivity index (χ3v) is 3.87. The summed E-state index contributed by atoms with van der Waals surface area (Å²) in [6.45, 7) is 6.44. The van der Waals surface area contributed by atoms with Crippen LogP contribution >= 0.6 is 11.6 Å². The molecular formula is C15H21ClN4O4. The molecule has 1 aromatic heterocycles. The Morgan fingerprint density at radius 1 is 1.58 bits per heavy atom. The largest absolute Gasteiger partial charge is 0.444 e. The molecule has 0 unspecified atom stereocenters. The van der Waals surface area contributed by atoms with Crippen LogP contribution in [0.2, 0.25) is 5.15 Å². The van der Waals surface area contributed by atoms with E-state index in [0.29, 0.717) is 13.1 Å². The predicted molar refractivity (Wildman–Crippen MR) is 90.4 cm³/mol. The Morgan fingerprint density at radius 2 is 2.29 bits per heavy atom. The zero-order chi connectivity index (χ0) is 17.9. The van der Waals surface area contributed by atoms with E-state index < -0.39 is 10.5 Å². The van der Waals surface area contributed by atoms with Crippen LogP contribution in [-0.4, -0.2) is 45.6 Å². The van der Waals surface area contributed by atoms with E-state index in [9.17, 15) is 14.9 Å². The van der Waals surface area contributed by atoms with Gasteiger partial charge in [-0.3, -0.25) is 10.1 Å². The number of nitrogens with zero attached hydrogens (tertiary/aromatic N) is 3. The molecule has 1 aliphatic rings. The van der Waals surface area contributed by atoms with Crippen molar-refractivity contribution in [3.63, 3.8) is 0 Å². The zero-order valence-corrected chi connectivity index (χ0v) is 14.7. The topological polar surface area (TPSA) is 97.6 Å². The van der Waals surface area contributed by atoms with E-state index in [4.69, 9.17) is 16.3 Å². The second-order valence-corrected chi connectivity index (χ2v) is 6.96. The molecular weight excluding hydrogens is 336 g/mol. The maximum atomic E-state index is 12.2. The third-order valence-electron chi connectivity index (χ3n) is 3.60. The lowest BCUT2D eigenvalue weighted by Gasteiger charge is -2.28. The number of pyridine rings is 1. The number of rotatable bonds is 4. The van der Waals surface area contributed by atoms with Crippen molar-refractivity contribution in [1.82, 2.24) is 9.88 Å². The van der Waals surface area contributed by atoms with Gasteiger partial charge in [-0.05, 0) is 39.7 Å². The van der Waals surface area contributed by atoms with Crippen LogP contribution in [0.3, 0.4) is 0 Å². The van der Waals surface area contributed by atoms with Crippen LogP contribution in [0.15, 0.2) is 12.3 Å². The standard InChI is InChI=1S/C15H21ClN4O4/c1-15(2,3)24-14(21)19-8-4-5-10(19)9-18-11-6-7-17-13(16)12(11)20(22)23/h6-7,10H,4-5,8-9H2,1-3H3,(H,17,18)/t10-/m0/s1. The molecule has 9 heteroatoms. The summed E-state index contributed by atoms with van der Waals surface area (Å²) in [7, 11) is 0. The zero-order valence-electron chi connectivity index (χ0n) is 13.9. The fourth-order valence-electron chi connectivity index (χ4n) is 2.58. The molecule has 0 radical (unpaired) electrons. The summed E-state index contributed by atoms with van der Waals surface area (Å²) in [5.74, 6) is 0. The van der Waals surface area contributed by atoms with E-state index in [0.717, 1.165) is 12.8 Å². The maximum Gasteiger partial charge on any atom is 0.410 e. The lowest BCUT2D eigenvalue weighted by molar-refractivity contribution is -0.384. The van der Waals surface area contributed by atoms with Crippen LogP contribution in [0.25, 0.3) is 0 Å². The molecule has 2 heterocycles. The van der Waals surface area contributed by atoms with Gasteiger partial charge in [0.1, 0.15) is 11.3 Å². The van der Waals surface area contributed by atoms with Crippen molar-refractivity contribution in [2.75, 3.05) is 18.4 Å². The first kappa shape index (κ1) is 18.3. The Bertz CT molecular complexity index is 632. The number of likely N-dealkylation sites (tertiary alicyclic amines) is 1. The number of carbonyl (C=O) groups is 1. The van der Waals surface area contributed by atoms with Gasteiger partial charge in [-0.25, -0.2) is 9.78 Å². The van der Waals surface area contributed by atoms with E-state index in [1.807, 2.05) is 20.8 Å². The van der Waals surface area contributed by atoms with Gasteiger partial charge in [-0.2, -0.15) is 0 Å². The van der Waals surface area contributed by atoms with Crippen LogP contribution in [0.4, 0.5) is 16.2 Å². The highest BCUT2D eigenvalue weighted by Crippen LogP contribution is 2.31. The van der Waals surface area contributed by atoms with E-state index >= 15 is 0 Å². The number of nitro groups is 1. The smallest absolute Gasteiger partial charge is 0.410 e. The number of halogens is 1. The van der Waals surface area contributed by atoms with Gasteiger partial charge < -0.3 is 15.0 Å². The SMILES string of the molecule is CC(C)(C)OC(=O)N1CCC[C@H]1CNc1ccnc(Cl)c1[N+](=O)[O-]. The van der Waals surface area contributed by atoms with Crippen LogP contribution in [0, 0.1) is 10.1 Å². The number of nitrogens with one attached hydrogen (secondary N) is 1. The number of ether oxygens (including phenoxy) is 1. The van der Waals surface area contributed by atoms with Crippen molar-refractivity contribution in [2.24, 2.45) is 0 Å². The second kappa shape index (κ2) is 7.21. The van der Waals surface area contributed by atoms with Crippen LogP contribution in [0.1, 0.15) is 33.6 Å².